The summed E-state index contributed by atoms with van der Waals surface area (Å²) in [6.07, 6.45) is 0.642. The Bertz CT molecular complexity index is 2160. The lowest BCUT2D eigenvalue weighted by Gasteiger charge is -2.21. The Kier molecular flexibility index (Phi) is 11.3. The van der Waals surface area contributed by atoms with E-state index in [0.717, 1.165) is 29.5 Å². The number of hydrogen-bond acceptors (Lipinski definition) is 7. The Morgan fingerprint density at radius 2 is 1.67 bits per heavy atom. The highest BCUT2D eigenvalue weighted by atomic mass is 32.2. The van der Waals surface area contributed by atoms with Crippen LogP contribution in [0.2, 0.25) is 0 Å². The van der Waals surface area contributed by atoms with E-state index in [2.05, 4.69) is 20.6 Å². The van der Waals surface area contributed by atoms with Gasteiger partial charge in [0.2, 0.25) is 0 Å². The van der Waals surface area contributed by atoms with Gasteiger partial charge in [-0.25, -0.2) is 13.2 Å². The van der Waals surface area contributed by atoms with Gasteiger partial charge in [-0.1, -0.05) is 24.3 Å². The van der Waals surface area contributed by atoms with E-state index in [-0.39, 0.29) is 28.6 Å². The predicted octanol–water partition coefficient (Wildman–Crippen LogP) is 5.03. The molecular weight excluding hydrogens is 682 g/mol. The summed E-state index contributed by atoms with van der Waals surface area (Å²) in [5.74, 6) is -0.120. The van der Waals surface area contributed by atoms with Gasteiger partial charge in [-0.05, 0) is 110 Å². The third kappa shape index (κ3) is 9.62. The Labute approximate surface area is 293 Å². The minimum Gasteiger partial charge on any atom is -0.370 e. The maximum atomic E-state index is 13.8. The maximum absolute atomic E-state index is 13.8. The topological polar surface area (TPSA) is 185 Å². The number of alkyl halides is 3. The molecule has 51 heavy (non-hydrogen) atoms. The first-order chi connectivity index (χ1) is 24.1. The number of aryl methyl sites for hydroxylation is 1. The minimum atomic E-state index is -4.53. The minimum absolute atomic E-state index is 0.0504. The van der Waals surface area contributed by atoms with E-state index >= 15 is 0 Å². The molecule has 0 aliphatic rings. The fourth-order valence-corrected chi connectivity index (χ4v) is 6.47. The van der Waals surface area contributed by atoms with E-state index in [9.17, 15) is 26.4 Å². The number of nitrogens with one attached hydrogen (secondary N) is 4. The number of aromatic amines is 1. The molecule has 0 fully saturated rings. The number of guanidine groups is 1. The molecule has 0 saturated carbocycles. The standard InChI is InChI=1S/C36H41F3N8O3S/c1-22(40)5-3-6-23-17-26(19-28(18-23)36(37,38)39)31-20-27-21-47(35(48)46-33(27)45-31)29-11-7-24(8-12-29)32(43-15-4-16-44-34(41)42)25-9-13-30(14-10-25)51(2,49)50/h7-14,17-22,32,43H,3-6,15-16,40H2,1-2H3,(H4,41,42,44)(H,45,46,48)/t22-,32+/m0/s1. The zero-order chi connectivity index (χ0) is 36.9. The SMILES string of the molecule is C[C@H](N)CCCc1cc(-c2cc3cn(-c4ccc([C@@H](NCCCNC(=N)N)c5ccc(S(C)(=O)=O)cc5)cc4)c(=O)nc3[nH]2)cc(C(F)(F)F)c1. The zero-order valence-corrected chi connectivity index (χ0v) is 29.0. The van der Waals surface area contributed by atoms with Crippen molar-refractivity contribution >= 4 is 26.8 Å². The predicted molar refractivity (Wildman–Crippen MR) is 193 cm³/mol. The first-order valence-electron chi connectivity index (χ1n) is 16.4. The van der Waals surface area contributed by atoms with E-state index in [1.165, 1.54) is 4.57 Å². The Balaban J connectivity index is 1.43. The molecule has 8 N–H and O–H groups in total. The fourth-order valence-electron chi connectivity index (χ4n) is 5.84. The van der Waals surface area contributed by atoms with Crippen molar-refractivity contribution in [2.45, 2.75) is 55.8 Å². The number of hydrogen-bond donors (Lipinski definition) is 6. The number of nitrogens with two attached hydrogens (primary N) is 2. The Morgan fingerprint density at radius 1 is 1.00 bits per heavy atom. The Hall–Kier alpha value is -4.99. The van der Waals surface area contributed by atoms with Crippen LogP contribution in [0.5, 0.6) is 0 Å². The second kappa shape index (κ2) is 15.5. The number of rotatable bonds is 14. The van der Waals surface area contributed by atoms with Crippen LogP contribution in [0, 0.1) is 5.41 Å². The van der Waals surface area contributed by atoms with E-state index in [0.29, 0.717) is 66.7 Å². The molecular formula is C36H41F3N8O3S. The van der Waals surface area contributed by atoms with Gasteiger partial charge in [0.15, 0.2) is 15.8 Å². The number of nitrogens with zero attached hydrogens (tertiary/aromatic N) is 2. The number of sulfone groups is 1. The highest BCUT2D eigenvalue weighted by Gasteiger charge is 2.31. The number of benzene rings is 3. The van der Waals surface area contributed by atoms with Gasteiger partial charge >= 0.3 is 11.9 Å². The first-order valence-corrected chi connectivity index (χ1v) is 18.3. The normalized spacial score (nSPS) is 13.3. The smallest absolute Gasteiger partial charge is 0.370 e. The largest absolute Gasteiger partial charge is 0.416 e. The lowest BCUT2D eigenvalue weighted by atomic mass is 9.98. The maximum Gasteiger partial charge on any atom is 0.416 e. The quantitative estimate of drug-likeness (QED) is 0.0524. The molecule has 0 bridgehead atoms. The summed E-state index contributed by atoms with van der Waals surface area (Å²) in [7, 11) is -3.38. The van der Waals surface area contributed by atoms with Crippen LogP contribution >= 0.6 is 0 Å². The number of H-pyrrole nitrogens is 1. The van der Waals surface area contributed by atoms with Crippen LogP contribution in [-0.4, -0.2) is 54.3 Å². The van der Waals surface area contributed by atoms with Crippen LogP contribution in [-0.2, 0) is 22.4 Å². The molecule has 0 saturated heterocycles. The molecule has 2 atom stereocenters. The van der Waals surface area contributed by atoms with Gasteiger partial charge in [-0.2, -0.15) is 18.2 Å². The van der Waals surface area contributed by atoms with Gasteiger partial charge in [0.1, 0.15) is 5.65 Å². The van der Waals surface area contributed by atoms with Crippen molar-refractivity contribution in [3.63, 3.8) is 0 Å². The third-order valence-electron chi connectivity index (χ3n) is 8.43. The Morgan fingerprint density at radius 3 is 2.27 bits per heavy atom. The molecule has 0 radical (unpaired) electrons. The molecule has 11 nitrogen and oxygen atoms in total. The molecule has 0 amide bonds. The molecule has 0 aliphatic heterocycles. The number of fused-ring (bicyclic) bond motifs is 1. The van der Waals surface area contributed by atoms with Crippen LogP contribution in [0.25, 0.3) is 28.0 Å². The van der Waals surface area contributed by atoms with E-state index in [1.54, 1.807) is 54.7 Å². The van der Waals surface area contributed by atoms with Crippen LogP contribution in [0.4, 0.5) is 13.2 Å². The van der Waals surface area contributed by atoms with Gasteiger partial charge in [0, 0.05) is 36.1 Å². The van der Waals surface area contributed by atoms with Crippen molar-refractivity contribution in [2.75, 3.05) is 19.3 Å². The second-order valence-electron chi connectivity index (χ2n) is 12.7. The molecule has 0 spiro atoms. The third-order valence-corrected chi connectivity index (χ3v) is 9.56. The molecule has 0 unspecified atom stereocenters. The van der Waals surface area contributed by atoms with Gasteiger partial charge in [-0.15, -0.1) is 0 Å². The fraction of sp³-hybridized carbons (Fsp3) is 0.306. The average molecular weight is 723 g/mol. The van der Waals surface area contributed by atoms with Gasteiger partial charge in [0.25, 0.3) is 0 Å². The lowest BCUT2D eigenvalue weighted by molar-refractivity contribution is -0.137. The average Bonchev–Trinajstić information content (AvgIpc) is 3.48. The second-order valence-corrected chi connectivity index (χ2v) is 14.7. The molecule has 3 aromatic carbocycles. The molecule has 15 heteroatoms. The summed E-state index contributed by atoms with van der Waals surface area (Å²) in [6.45, 7) is 2.90. The monoisotopic (exact) mass is 722 g/mol. The summed E-state index contributed by atoms with van der Waals surface area (Å²) in [5, 5.41) is 14.1. The number of aromatic nitrogens is 3. The van der Waals surface area contributed by atoms with Crippen LogP contribution in [0.1, 0.15) is 54.5 Å². The molecule has 2 heterocycles. The van der Waals surface area contributed by atoms with E-state index in [4.69, 9.17) is 16.9 Å². The molecule has 5 rings (SSSR count). The zero-order valence-electron chi connectivity index (χ0n) is 28.2. The first kappa shape index (κ1) is 37.3. The highest BCUT2D eigenvalue weighted by molar-refractivity contribution is 7.90. The number of halogens is 3. The summed E-state index contributed by atoms with van der Waals surface area (Å²) < 4.78 is 66.9. The molecule has 270 valence electrons. The highest BCUT2D eigenvalue weighted by Crippen LogP contribution is 2.34. The van der Waals surface area contributed by atoms with Crippen molar-refractivity contribution in [2.24, 2.45) is 11.5 Å². The van der Waals surface area contributed by atoms with Gasteiger partial charge < -0.3 is 27.1 Å². The van der Waals surface area contributed by atoms with Crippen molar-refractivity contribution in [1.82, 2.24) is 25.2 Å². The van der Waals surface area contributed by atoms with Gasteiger partial charge in [-0.3, -0.25) is 9.98 Å². The summed E-state index contributed by atoms with van der Waals surface area (Å²) in [4.78, 5) is 20.6. The van der Waals surface area contributed by atoms with Crippen molar-refractivity contribution in [3.05, 3.63) is 112 Å². The summed E-state index contributed by atoms with van der Waals surface area (Å²) >= 11 is 0. The van der Waals surface area contributed by atoms with Crippen molar-refractivity contribution < 1.29 is 21.6 Å². The molecule has 5 aromatic rings. The summed E-state index contributed by atoms with van der Waals surface area (Å²) in [6, 6.07) is 19.1. The summed E-state index contributed by atoms with van der Waals surface area (Å²) in [5.41, 5.74) is 13.6. The molecule has 2 aromatic heterocycles. The van der Waals surface area contributed by atoms with Crippen LogP contribution in [0.3, 0.4) is 0 Å². The van der Waals surface area contributed by atoms with Gasteiger partial charge in [0.05, 0.1) is 22.2 Å². The van der Waals surface area contributed by atoms with Crippen molar-refractivity contribution in [1.29, 1.82) is 5.41 Å². The van der Waals surface area contributed by atoms with Crippen molar-refractivity contribution in [3.8, 4) is 16.9 Å². The van der Waals surface area contributed by atoms with E-state index in [1.807, 2.05) is 19.1 Å². The molecule has 0 aliphatic carbocycles. The van der Waals surface area contributed by atoms with E-state index < -0.39 is 27.3 Å². The lowest BCUT2D eigenvalue weighted by Crippen LogP contribution is -2.33. The van der Waals surface area contributed by atoms with Crippen LogP contribution < -0.4 is 27.8 Å². The van der Waals surface area contributed by atoms with Crippen LogP contribution in [0.15, 0.2) is 88.7 Å².